The highest BCUT2D eigenvalue weighted by atomic mass is 16.5. The van der Waals surface area contributed by atoms with E-state index < -0.39 is 0 Å². The summed E-state index contributed by atoms with van der Waals surface area (Å²) in [7, 11) is 4.77. The van der Waals surface area contributed by atoms with Crippen LogP contribution in [0.3, 0.4) is 0 Å². The van der Waals surface area contributed by atoms with E-state index in [1.807, 2.05) is 36.4 Å². The highest BCUT2D eigenvalue weighted by Gasteiger charge is 2.11. The van der Waals surface area contributed by atoms with Crippen molar-refractivity contribution >= 4 is 34.1 Å². The molecule has 0 aliphatic heterocycles. The molecular weight excluding hydrogens is 434 g/mol. The second-order valence-corrected chi connectivity index (χ2v) is 7.31. The quantitative estimate of drug-likeness (QED) is 0.344. The summed E-state index contributed by atoms with van der Waals surface area (Å²) in [6.07, 6.45) is 1.50. The minimum atomic E-state index is -0.335. The van der Waals surface area contributed by atoms with Gasteiger partial charge in [-0.25, -0.2) is 14.8 Å². The van der Waals surface area contributed by atoms with Crippen LogP contribution in [0.1, 0.15) is 5.56 Å². The van der Waals surface area contributed by atoms with Gasteiger partial charge >= 0.3 is 6.03 Å². The standard InChI is InChI=1S/C25H25N5O4/c1-32-19-9-7-17(8-10-19)29-25(31)30-18-6-4-5-16(11-18)14-26-24-20-12-22(33-2)23(34-3)13-21(20)27-15-28-24/h4-13,15H,14H2,1-3H3,(H,26,27,28)(H2,29,30,31). The second kappa shape index (κ2) is 10.4. The van der Waals surface area contributed by atoms with E-state index in [0.29, 0.717) is 35.2 Å². The number of nitrogens with zero attached hydrogens (tertiary/aromatic N) is 2. The Hall–Kier alpha value is -4.53. The Morgan fingerprint density at radius 1 is 0.824 bits per heavy atom. The average molecular weight is 460 g/mol. The van der Waals surface area contributed by atoms with E-state index in [-0.39, 0.29) is 6.03 Å². The molecule has 0 unspecified atom stereocenters. The van der Waals surface area contributed by atoms with Crippen LogP contribution in [-0.2, 0) is 6.54 Å². The summed E-state index contributed by atoms with van der Waals surface area (Å²) in [4.78, 5) is 21.1. The Morgan fingerprint density at radius 3 is 2.29 bits per heavy atom. The van der Waals surface area contributed by atoms with Crippen molar-refractivity contribution in [2.75, 3.05) is 37.3 Å². The number of carbonyl (C=O) groups excluding carboxylic acids is 1. The van der Waals surface area contributed by atoms with Crippen LogP contribution in [0.5, 0.6) is 17.2 Å². The number of methoxy groups -OCH3 is 3. The van der Waals surface area contributed by atoms with E-state index in [9.17, 15) is 4.79 Å². The molecule has 0 aliphatic carbocycles. The van der Waals surface area contributed by atoms with E-state index in [4.69, 9.17) is 14.2 Å². The first-order valence-electron chi connectivity index (χ1n) is 10.5. The first-order chi connectivity index (χ1) is 16.6. The lowest BCUT2D eigenvalue weighted by Crippen LogP contribution is -2.19. The third kappa shape index (κ3) is 5.26. The van der Waals surface area contributed by atoms with E-state index >= 15 is 0 Å². The molecule has 174 valence electrons. The minimum absolute atomic E-state index is 0.335. The molecule has 2 amide bonds. The number of ether oxygens (including phenoxy) is 3. The van der Waals surface area contributed by atoms with Gasteiger partial charge in [-0.1, -0.05) is 12.1 Å². The molecule has 4 aromatic rings. The minimum Gasteiger partial charge on any atom is -0.497 e. The van der Waals surface area contributed by atoms with Crippen molar-refractivity contribution in [1.29, 1.82) is 0 Å². The number of hydrogen-bond donors (Lipinski definition) is 3. The molecule has 3 aromatic carbocycles. The molecule has 1 aromatic heterocycles. The highest BCUT2D eigenvalue weighted by Crippen LogP contribution is 2.33. The number of amides is 2. The molecule has 9 heteroatoms. The number of carbonyl (C=O) groups is 1. The van der Waals surface area contributed by atoms with E-state index in [0.717, 1.165) is 22.2 Å². The van der Waals surface area contributed by atoms with Crippen molar-refractivity contribution in [3.8, 4) is 17.2 Å². The van der Waals surface area contributed by atoms with Gasteiger partial charge in [0.15, 0.2) is 11.5 Å². The van der Waals surface area contributed by atoms with Crippen LogP contribution >= 0.6 is 0 Å². The molecule has 3 N–H and O–H groups in total. The summed E-state index contributed by atoms with van der Waals surface area (Å²) < 4.78 is 15.9. The SMILES string of the molecule is COc1ccc(NC(=O)Nc2cccc(CNc3ncnc4cc(OC)c(OC)cc34)c2)cc1. The van der Waals surface area contributed by atoms with Gasteiger partial charge in [-0.3, -0.25) is 0 Å². The summed E-state index contributed by atoms with van der Waals surface area (Å²) in [5.41, 5.74) is 3.04. The lowest BCUT2D eigenvalue weighted by molar-refractivity contribution is 0.262. The number of urea groups is 1. The van der Waals surface area contributed by atoms with Crippen molar-refractivity contribution in [3.63, 3.8) is 0 Å². The van der Waals surface area contributed by atoms with Crippen molar-refractivity contribution < 1.29 is 19.0 Å². The van der Waals surface area contributed by atoms with Crippen LogP contribution in [-0.4, -0.2) is 37.3 Å². The van der Waals surface area contributed by atoms with Crippen LogP contribution in [0.15, 0.2) is 67.0 Å². The summed E-state index contributed by atoms with van der Waals surface area (Å²) in [6.45, 7) is 0.496. The fraction of sp³-hybridized carbons (Fsp3) is 0.160. The molecule has 9 nitrogen and oxygen atoms in total. The van der Waals surface area contributed by atoms with Crippen molar-refractivity contribution in [2.45, 2.75) is 6.54 Å². The van der Waals surface area contributed by atoms with Crippen LogP contribution in [0, 0.1) is 0 Å². The van der Waals surface area contributed by atoms with Gasteiger partial charge in [-0.05, 0) is 48.0 Å². The third-order valence-corrected chi connectivity index (χ3v) is 5.13. The van der Waals surface area contributed by atoms with Gasteiger partial charge in [0, 0.05) is 29.4 Å². The molecule has 0 spiro atoms. The molecule has 0 saturated carbocycles. The number of hydrogen-bond acceptors (Lipinski definition) is 7. The molecule has 0 fully saturated rings. The van der Waals surface area contributed by atoms with E-state index in [2.05, 4.69) is 25.9 Å². The predicted octanol–water partition coefficient (Wildman–Crippen LogP) is 4.91. The second-order valence-electron chi connectivity index (χ2n) is 7.31. The van der Waals surface area contributed by atoms with E-state index in [1.165, 1.54) is 6.33 Å². The molecule has 34 heavy (non-hydrogen) atoms. The largest absolute Gasteiger partial charge is 0.497 e. The van der Waals surface area contributed by atoms with Gasteiger partial charge in [-0.15, -0.1) is 0 Å². The van der Waals surface area contributed by atoms with Crippen LogP contribution in [0.25, 0.3) is 10.9 Å². The Morgan fingerprint density at radius 2 is 1.56 bits per heavy atom. The monoisotopic (exact) mass is 459 g/mol. The van der Waals surface area contributed by atoms with Gasteiger partial charge < -0.3 is 30.2 Å². The number of rotatable bonds is 8. The van der Waals surface area contributed by atoms with Crippen LogP contribution < -0.4 is 30.2 Å². The first kappa shape index (κ1) is 22.7. The zero-order valence-corrected chi connectivity index (χ0v) is 19.1. The third-order valence-electron chi connectivity index (χ3n) is 5.13. The van der Waals surface area contributed by atoms with Crippen molar-refractivity contribution in [3.05, 3.63) is 72.6 Å². The van der Waals surface area contributed by atoms with Gasteiger partial charge in [0.05, 0.1) is 26.8 Å². The lowest BCUT2D eigenvalue weighted by Gasteiger charge is -2.13. The van der Waals surface area contributed by atoms with Gasteiger partial charge in [-0.2, -0.15) is 0 Å². The lowest BCUT2D eigenvalue weighted by atomic mass is 10.1. The number of fused-ring (bicyclic) bond motifs is 1. The smallest absolute Gasteiger partial charge is 0.323 e. The van der Waals surface area contributed by atoms with Gasteiger partial charge in [0.2, 0.25) is 0 Å². The maximum Gasteiger partial charge on any atom is 0.323 e. The molecule has 4 rings (SSSR count). The van der Waals surface area contributed by atoms with Gasteiger partial charge in [0.1, 0.15) is 17.9 Å². The maximum atomic E-state index is 12.4. The molecule has 0 aliphatic rings. The van der Waals surface area contributed by atoms with Crippen LogP contribution in [0.4, 0.5) is 22.0 Å². The Bertz CT molecular complexity index is 1290. The van der Waals surface area contributed by atoms with Gasteiger partial charge in [0.25, 0.3) is 0 Å². The fourth-order valence-electron chi connectivity index (χ4n) is 3.44. The summed E-state index contributed by atoms with van der Waals surface area (Å²) in [5, 5.41) is 9.80. The normalized spacial score (nSPS) is 10.4. The zero-order chi connectivity index (χ0) is 23.9. The Balaban J connectivity index is 1.43. The number of aromatic nitrogens is 2. The summed E-state index contributed by atoms with van der Waals surface area (Å²) in [6, 6.07) is 18.0. The number of benzene rings is 3. The Kier molecular flexibility index (Phi) is 6.92. The number of anilines is 3. The highest BCUT2D eigenvalue weighted by molar-refractivity contribution is 5.99. The molecule has 0 bridgehead atoms. The fourth-order valence-corrected chi connectivity index (χ4v) is 3.44. The topological polar surface area (TPSA) is 107 Å². The molecule has 0 saturated heterocycles. The predicted molar refractivity (Wildman–Crippen MR) is 132 cm³/mol. The van der Waals surface area contributed by atoms with Crippen molar-refractivity contribution in [2.24, 2.45) is 0 Å². The number of nitrogens with one attached hydrogen (secondary N) is 3. The zero-order valence-electron chi connectivity index (χ0n) is 19.1. The summed E-state index contributed by atoms with van der Waals surface area (Å²) >= 11 is 0. The first-order valence-corrected chi connectivity index (χ1v) is 10.5. The molecule has 1 heterocycles. The molecule has 0 radical (unpaired) electrons. The van der Waals surface area contributed by atoms with E-state index in [1.54, 1.807) is 45.6 Å². The molecule has 0 atom stereocenters. The maximum absolute atomic E-state index is 12.4. The summed E-state index contributed by atoms with van der Waals surface area (Å²) in [5.74, 6) is 2.59. The molecular formula is C25H25N5O4. The van der Waals surface area contributed by atoms with Crippen molar-refractivity contribution in [1.82, 2.24) is 9.97 Å². The van der Waals surface area contributed by atoms with Crippen LogP contribution in [0.2, 0.25) is 0 Å². The Labute approximate surface area is 197 Å². The average Bonchev–Trinajstić information content (AvgIpc) is 2.87.